The van der Waals surface area contributed by atoms with Crippen LogP contribution in [0.3, 0.4) is 0 Å². The van der Waals surface area contributed by atoms with Crippen molar-refractivity contribution in [2.45, 2.75) is 17.6 Å². The maximum absolute atomic E-state index is 12.7. The summed E-state index contributed by atoms with van der Waals surface area (Å²) >= 11 is 2.93. The van der Waals surface area contributed by atoms with Gasteiger partial charge >= 0.3 is 5.97 Å². The minimum atomic E-state index is -0.908. The average molecular weight is 322 g/mol. The molecular formula is C14H14N2O3S2. The Balaban J connectivity index is 2.14. The van der Waals surface area contributed by atoms with Gasteiger partial charge < -0.3 is 5.11 Å². The lowest BCUT2D eigenvalue weighted by Crippen LogP contribution is -2.28. The molecular weight excluding hydrogens is 308 g/mol. The summed E-state index contributed by atoms with van der Waals surface area (Å²) in [4.78, 5) is 28.1. The van der Waals surface area contributed by atoms with Gasteiger partial charge in [0.05, 0.1) is 16.7 Å². The number of nitrogens with zero attached hydrogens (tertiary/aromatic N) is 2. The van der Waals surface area contributed by atoms with E-state index in [0.717, 1.165) is 29.7 Å². The molecule has 1 unspecified atom stereocenters. The fraction of sp³-hybridized carbons (Fsp3) is 0.357. The zero-order chi connectivity index (χ0) is 14.8. The van der Waals surface area contributed by atoms with Crippen molar-refractivity contribution in [3.05, 3.63) is 34.6 Å². The van der Waals surface area contributed by atoms with Gasteiger partial charge in [-0.2, -0.15) is 11.8 Å². The smallest absolute Gasteiger partial charge is 0.313 e. The number of carbonyl (C=O) groups is 1. The average Bonchev–Trinajstić information content (AvgIpc) is 2.99. The minimum absolute atomic E-state index is 0.0685. The highest BCUT2D eigenvalue weighted by molar-refractivity contribution is 8.00. The monoisotopic (exact) mass is 322 g/mol. The molecule has 7 heteroatoms. The number of rotatable bonds is 4. The summed E-state index contributed by atoms with van der Waals surface area (Å²) in [7, 11) is 0. The second-order valence-electron chi connectivity index (χ2n) is 4.79. The normalized spacial score (nSPS) is 18.2. The number of hydrogen-bond donors (Lipinski definition) is 1. The molecule has 0 spiro atoms. The molecule has 1 aromatic carbocycles. The van der Waals surface area contributed by atoms with Crippen LogP contribution in [-0.4, -0.2) is 37.9 Å². The lowest BCUT2D eigenvalue weighted by atomic mass is 10.2. The highest BCUT2D eigenvalue weighted by Gasteiger charge is 2.23. The van der Waals surface area contributed by atoms with Gasteiger partial charge in [0.1, 0.15) is 0 Å². The number of hydrogen-bond acceptors (Lipinski definition) is 5. The Hall–Kier alpha value is -1.47. The van der Waals surface area contributed by atoms with E-state index in [1.807, 2.05) is 23.9 Å². The Kier molecular flexibility index (Phi) is 4.21. The molecule has 0 bridgehead atoms. The van der Waals surface area contributed by atoms with E-state index in [1.165, 1.54) is 0 Å². The van der Waals surface area contributed by atoms with E-state index >= 15 is 0 Å². The fourth-order valence-corrected chi connectivity index (χ4v) is 4.38. The summed E-state index contributed by atoms with van der Waals surface area (Å²) in [6.45, 7) is 0. The quantitative estimate of drug-likeness (QED) is 0.687. The lowest BCUT2D eigenvalue weighted by Gasteiger charge is -2.17. The second-order valence-corrected chi connectivity index (χ2v) is 6.88. The van der Waals surface area contributed by atoms with Crippen LogP contribution in [0.25, 0.3) is 10.9 Å². The number of aromatic nitrogens is 2. The number of carboxylic acid groups (broad SMARTS) is 1. The SMILES string of the molecule is O=C(O)CSc1nc2ccccc2c(=O)n1C1CCSC1. The number of para-hydroxylation sites is 1. The lowest BCUT2D eigenvalue weighted by molar-refractivity contribution is -0.133. The van der Waals surface area contributed by atoms with Gasteiger partial charge in [-0.15, -0.1) is 0 Å². The van der Waals surface area contributed by atoms with Crippen LogP contribution in [0.15, 0.2) is 34.2 Å². The summed E-state index contributed by atoms with van der Waals surface area (Å²) < 4.78 is 1.69. The molecule has 1 atom stereocenters. The molecule has 1 fully saturated rings. The Bertz CT molecular complexity index is 739. The molecule has 1 aromatic heterocycles. The van der Waals surface area contributed by atoms with Crippen LogP contribution in [0.2, 0.25) is 0 Å². The van der Waals surface area contributed by atoms with Gasteiger partial charge in [0.25, 0.3) is 5.56 Å². The van der Waals surface area contributed by atoms with Gasteiger partial charge in [-0.25, -0.2) is 4.98 Å². The van der Waals surface area contributed by atoms with Gasteiger partial charge in [0.15, 0.2) is 5.16 Å². The van der Waals surface area contributed by atoms with Crippen LogP contribution >= 0.6 is 23.5 Å². The Morgan fingerprint density at radius 3 is 3.00 bits per heavy atom. The molecule has 1 aliphatic rings. The van der Waals surface area contributed by atoms with Crippen molar-refractivity contribution < 1.29 is 9.90 Å². The number of carboxylic acids is 1. The largest absolute Gasteiger partial charge is 0.481 e. The van der Waals surface area contributed by atoms with Crippen LogP contribution in [0.4, 0.5) is 0 Å². The highest BCUT2D eigenvalue weighted by atomic mass is 32.2. The van der Waals surface area contributed by atoms with Crippen LogP contribution in [0.5, 0.6) is 0 Å². The molecule has 0 aliphatic carbocycles. The van der Waals surface area contributed by atoms with Crippen molar-refractivity contribution >= 4 is 40.4 Å². The van der Waals surface area contributed by atoms with Crippen molar-refractivity contribution in [3.8, 4) is 0 Å². The molecule has 1 saturated heterocycles. The predicted molar refractivity (Wildman–Crippen MR) is 85.3 cm³/mol. The highest BCUT2D eigenvalue weighted by Crippen LogP contribution is 2.30. The summed E-state index contributed by atoms with van der Waals surface area (Å²) in [6.07, 6.45) is 0.922. The van der Waals surface area contributed by atoms with Crippen LogP contribution < -0.4 is 5.56 Å². The van der Waals surface area contributed by atoms with E-state index in [0.29, 0.717) is 16.1 Å². The molecule has 2 heterocycles. The van der Waals surface area contributed by atoms with E-state index in [-0.39, 0.29) is 17.4 Å². The summed E-state index contributed by atoms with van der Waals surface area (Å²) in [6, 6.07) is 7.32. The predicted octanol–water partition coefficient (Wildman–Crippen LogP) is 2.25. The summed E-state index contributed by atoms with van der Waals surface area (Å²) in [5.41, 5.74) is 0.554. The first kappa shape index (κ1) is 14.5. The molecule has 21 heavy (non-hydrogen) atoms. The van der Waals surface area contributed by atoms with Crippen LogP contribution in [0, 0.1) is 0 Å². The number of thioether (sulfide) groups is 2. The molecule has 0 saturated carbocycles. The first-order valence-corrected chi connectivity index (χ1v) is 8.74. The van der Waals surface area contributed by atoms with Crippen LogP contribution in [0.1, 0.15) is 12.5 Å². The number of benzene rings is 1. The number of fused-ring (bicyclic) bond motifs is 1. The van der Waals surface area contributed by atoms with Gasteiger partial charge in [0.2, 0.25) is 0 Å². The summed E-state index contributed by atoms with van der Waals surface area (Å²) in [5, 5.41) is 9.97. The maximum Gasteiger partial charge on any atom is 0.313 e. The van der Waals surface area contributed by atoms with Crippen molar-refractivity contribution in [3.63, 3.8) is 0 Å². The van der Waals surface area contributed by atoms with Gasteiger partial charge in [-0.3, -0.25) is 14.2 Å². The van der Waals surface area contributed by atoms with Gasteiger partial charge in [-0.1, -0.05) is 23.9 Å². The van der Waals surface area contributed by atoms with Gasteiger partial charge in [-0.05, 0) is 24.3 Å². The third-order valence-electron chi connectivity index (χ3n) is 3.37. The van der Waals surface area contributed by atoms with E-state index in [2.05, 4.69) is 4.98 Å². The Labute approximate surface area is 129 Å². The zero-order valence-corrected chi connectivity index (χ0v) is 12.8. The maximum atomic E-state index is 12.7. The molecule has 0 radical (unpaired) electrons. The number of aliphatic carboxylic acids is 1. The fourth-order valence-electron chi connectivity index (χ4n) is 2.40. The second kappa shape index (κ2) is 6.11. The topological polar surface area (TPSA) is 72.2 Å². The van der Waals surface area contributed by atoms with Crippen molar-refractivity contribution in [1.82, 2.24) is 9.55 Å². The zero-order valence-electron chi connectivity index (χ0n) is 11.2. The van der Waals surface area contributed by atoms with E-state index in [1.54, 1.807) is 16.7 Å². The Morgan fingerprint density at radius 1 is 1.48 bits per heavy atom. The van der Waals surface area contributed by atoms with Crippen molar-refractivity contribution in [2.75, 3.05) is 17.3 Å². The molecule has 110 valence electrons. The van der Waals surface area contributed by atoms with E-state index < -0.39 is 5.97 Å². The first-order chi connectivity index (χ1) is 10.2. The van der Waals surface area contributed by atoms with Crippen molar-refractivity contribution in [1.29, 1.82) is 0 Å². The molecule has 2 aromatic rings. The third-order valence-corrected chi connectivity index (χ3v) is 5.45. The van der Waals surface area contributed by atoms with Crippen molar-refractivity contribution in [2.24, 2.45) is 0 Å². The van der Waals surface area contributed by atoms with Crippen LogP contribution in [-0.2, 0) is 4.79 Å². The Morgan fingerprint density at radius 2 is 2.29 bits per heavy atom. The summed E-state index contributed by atoms with van der Waals surface area (Å²) in [5.74, 6) is 0.896. The van der Waals surface area contributed by atoms with Gasteiger partial charge in [0, 0.05) is 11.8 Å². The molecule has 3 rings (SSSR count). The van der Waals surface area contributed by atoms with E-state index in [4.69, 9.17) is 5.11 Å². The van der Waals surface area contributed by atoms with E-state index in [9.17, 15) is 9.59 Å². The third kappa shape index (κ3) is 2.94. The molecule has 1 aliphatic heterocycles. The molecule has 1 N–H and O–H groups in total. The minimum Gasteiger partial charge on any atom is -0.481 e. The first-order valence-electron chi connectivity index (χ1n) is 6.60. The molecule has 0 amide bonds. The molecule has 5 nitrogen and oxygen atoms in total. The standard InChI is InChI=1S/C14H14N2O3S2/c17-12(18)8-21-14-15-11-4-2-1-3-10(11)13(19)16(14)9-5-6-20-7-9/h1-4,9H,5-8H2,(H,17,18).